The first-order chi connectivity index (χ1) is 7.53. The van der Waals surface area contributed by atoms with Crippen molar-refractivity contribution in [3.05, 3.63) is 11.5 Å². The molecule has 0 amide bonds. The lowest BCUT2D eigenvalue weighted by Gasteiger charge is -2.29. The largest absolute Gasteiger partial charge is 0.393 e. The Balaban J connectivity index is 2.24. The van der Waals surface area contributed by atoms with E-state index in [-0.39, 0.29) is 16.8 Å². The minimum absolute atomic E-state index is 0.112. The van der Waals surface area contributed by atoms with Gasteiger partial charge >= 0.3 is 0 Å². The molecule has 0 aromatic carbocycles. The fraction of sp³-hybridized carbons (Fsp3) is 0.600. The van der Waals surface area contributed by atoms with Gasteiger partial charge < -0.3 is 15.8 Å². The normalized spacial score (nSPS) is 29.3. The Morgan fingerprint density at radius 1 is 1.62 bits per heavy atom. The van der Waals surface area contributed by atoms with Crippen molar-refractivity contribution in [3.63, 3.8) is 0 Å². The molecule has 3 N–H and O–H groups in total. The highest BCUT2D eigenvalue weighted by Gasteiger charge is 2.37. The molecule has 88 valence electrons. The van der Waals surface area contributed by atoms with Gasteiger partial charge in [-0.05, 0) is 20.3 Å². The van der Waals surface area contributed by atoms with E-state index in [1.165, 1.54) is 6.33 Å². The summed E-state index contributed by atoms with van der Waals surface area (Å²) < 4.78 is 5.53. The number of nitrogens with one attached hydrogen (secondary N) is 1. The molecule has 0 spiro atoms. The first-order valence-corrected chi connectivity index (χ1v) is 5.56. The molecule has 0 bridgehead atoms. The van der Waals surface area contributed by atoms with Gasteiger partial charge in [0.2, 0.25) is 0 Å². The number of nitrogen functional groups attached to an aromatic ring is 1. The van der Waals surface area contributed by atoms with Crippen molar-refractivity contribution in [2.24, 2.45) is 0 Å². The van der Waals surface area contributed by atoms with Gasteiger partial charge in [0.05, 0.1) is 11.6 Å². The third-order valence-electron chi connectivity index (χ3n) is 3.13. The number of anilines is 2. The standard InChI is InChI=1S/C10H15ClN4O/c1-6-10(2,3-4-16-6)15-9-7(12)8(11)13-5-14-9/h5-6H,3-4,12H2,1-2H3,(H,13,14,15). The molecule has 2 atom stereocenters. The molecule has 5 nitrogen and oxygen atoms in total. The Morgan fingerprint density at radius 2 is 2.38 bits per heavy atom. The molecule has 1 aromatic heterocycles. The quantitative estimate of drug-likeness (QED) is 0.773. The van der Waals surface area contributed by atoms with Crippen molar-refractivity contribution in [2.45, 2.75) is 31.9 Å². The summed E-state index contributed by atoms with van der Waals surface area (Å²) in [5.41, 5.74) is 6.02. The van der Waals surface area contributed by atoms with Crippen LogP contribution in [0.15, 0.2) is 6.33 Å². The average Bonchev–Trinajstić information content (AvgIpc) is 2.55. The number of rotatable bonds is 2. The van der Waals surface area contributed by atoms with Crippen LogP contribution in [0, 0.1) is 0 Å². The Bertz CT molecular complexity index is 400. The van der Waals surface area contributed by atoms with E-state index in [0.29, 0.717) is 11.5 Å². The van der Waals surface area contributed by atoms with Gasteiger partial charge in [-0.1, -0.05) is 11.6 Å². The van der Waals surface area contributed by atoms with Crippen LogP contribution in [-0.2, 0) is 4.74 Å². The average molecular weight is 243 g/mol. The lowest BCUT2D eigenvalue weighted by atomic mass is 9.95. The molecule has 0 radical (unpaired) electrons. The molecule has 6 heteroatoms. The number of nitrogens with zero attached hydrogens (tertiary/aromatic N) is 2. The molecule has 2 heterocycles. The van der Waals surface area contributed by atoms with E-state index in [0.717, 1.165) is 13.0 Å². The van der Waals surface area contributed by atoms with Crippen molar-refractivity contribution < 1.29 is 4.74 Å². The number of aromatic nitrogens is 2. The molecule has 0 saturated carbocycles. The summed E-state index contributed by atoms with van der Waals surface area (Å²) in [4.78, 5) is 7.91. The lowest BCUT2D eigenvalue weighted by Crippen LogP contribution is -2.41. The van der Waals surface area contributed by atoms with Gasteiger partial charge in [0, 0.05) is 6.61 Å². The van der Waals surface area contributed by atoms with Gasteiger partial charge in [0.25, 0.3) is 0 Å². The Kier molecular flexibility index (Phi) is 2.90. The highest BCUT2D eigenvalue weighted by Crippen LogP contribution is 2.32. The summed E-state index contributed by atoms with van der Waals surface area (Å²) in [5, 5.41) is 3.56. The summed E-state index contributed by atoms with van der Waals surface area (Å²) in [6, 6.07) is 0. The van der Waals surface area contributed by atoms with Crippen LogP contribution in [0.5, 0.6) is 0 Å². The minimum Gasteiger partial charge on any atom is -0.393 e. The molecule has 1 aromatic rings. The minimum atomic E-state index is -0.161. The highest BCUT2D eigenvalue weighted by molar-refractivity contribution is 6.32. The van der Waals surface area contributed by atoms with Crippen LogP contribution in [0.1, 0.15) is 20.3 Å². The SMILES string of the molecule is CC1OCCC1(C)Nc1ncnc(Cl)c1N. The van der Waals surface area contributed by atoms with Crippen molar-refractivity contribution >= 4 is 23.1 Å². The molecule has 1 saturated heterocycles. The van der Waals surface area contributed by atoms with E-state index >= 15 is 0 Å². The zero-order chi connectivity index (χ0) is 11.8. The smallest absolute Gasteiger partial charge is 0.157 e. The van der Waals surface area contributed by atoms with Gasteiger partial charge in [-0.25, -0.2) is 9.97 Å². The van der Waals surface area contributed by atoms with Gasteiger partial charge in [0.1, 0.15) is 12.0 Å². The van der Waals surface area contributed by atoms with Crippen molar-refractivity contribution in [2.75, 3.05) is 17.7 Å². The monoisotopic (exact) mass is 242 g/mol. The van der Waals surface area contributed by atoms with Gasteiger partial charge in [-0.2, -0.15) is 0 Å². The Morgan fingerprint density at radius 3 is 3.00 bits per heavy atom. The topological polar surface area (TPSA) is 73.1 Å². The summed E-state index contributed by atoms with van der Waals surface area (Å²) in [6.07, 6.45) is 2.42. The van der Waals surface area contributed by atoms with Gasteiger partial charge in [0.15, 0.2) is 11.0 Å². The van der Waals surface area contributed by atoms with Crippen LogP contribution < -0.4 is 11.1 Å². The van der Waals surface area contributed by atoms with Crippen molar-refractivity contribution in [1.29, 1.82) is 0 Å². The molecular formula is C10H15ClN4O. The second kappa shape index (κ2) is 4.07. The van der Waals surface area contributed by atoms with Crippen LogP contribution in [0.4, 0.5) is 11.5 Å². The fourth-order valence-corrected chi connectivity index (χ4v) is 1.88. The van der Waals surface area contributed by atoms with E-state index in [2.05, 4.69) is 22.2 Å². The fourth-order valence-electron chi connectivity index (χ4n) is 1.74. The predicted octanol–water partition coefficient (Wildman–Crippen LogP) is 1.69. The number of halogens is 1. The van der Waals surface area contributed by atoms with E-state index in [9.17, 15) is 0 Å². The van der Waals surface area contributed by atoms with E-state index in [1.807, 2.05) is 6.92 Å². The molecule has 1 aliphatic rings. The first kappa shape index (κ1) is 11.4. The van der Waals surface area contributed by atoms with Gasteiger partial charge in [-0.15, -0.1) is 0 Å². The van der Waals surface area contributed by atoms with E-state index in [1.54, 1.807) is 0 Å². The first-order valence-electron chi connectivity index (χ1n) is 5.19. The summed E-state index contributed by atoms with van der Waals surface area (Å²) in [5.74, 6) is 0.569. The van der Waals surface area contributed by atoms with Crippen LogP contribution in [0.2, 0.25) is 5.15 Å². The number of hydrogen-bond donors (Lipinski definition) is 2. The summed E-state index contributed by atoms with van der Waals surface area (Å²) in [7, 11) is 0. The number of ether oxygens (including phenoxy) is 1. The highest BCUT2D eigenvalue weighted by atomic mass is 35.5. The third-order valence-corrected chi connectivity index (χ3v) is 3.43. The molecule has 0 aliphatic carbocycles. The van der Waals surface area contributed by atoms with Crippen molar-refractivity contribution in [3.8, 4) is 0 Å². The van der Waals surface area contributed by atoms with E-state index in [4.69, 9.17) is 22.1 Å². The molecule has 1 aliphatic heterocycles. The zero-order valence-corrected chi connectivity index (χ0v) is 10.1. The van der Waals surface area contributed by atoms with Gasteiger partial charge in [-0.3, -0.25) is 0 Å². The maximum absolute atomic E-state index is 5.83. The van der Waals surface area contributed by atoms with Crippen LogP contribution in [0.25, 0.3) is 0 Å². The van der Waals surface area contributed by atoms with Crippen LogP contribution >= 0.6 is 11.6 Å². The van der Waals surface area contributed by atoms with Crippen LogP contribution in [0.3, 0.4) is 0 Å². The summed E-state index contributed by atoms with van der Waals surface area (Å²) in [6.45, 7) is 4.85. The van der Waals surface area contributed by atoms with Crippen LogP contribution in [-0.4, -0.2) is 28.2 Å². The second-order valence-corrected chi connectivity index (χ2v) is 4.59. The Labute approximate surface area is 99.4 Å². The molecule has 2 rings (SSSR count). The maximum atomic E-state index is 5.83. The third kappa shape index (κ3) is 1.92. The maximum Gasteiger partial charge on any atom is 0.157 e. The number of hydrogen-bond acceptors (Lipinski definition) is 5. The molecule has 2 unspecified atom stereocenters. The summed E-state index contributed by atoms with van der Waals surface area (Å²) >= 11 is 5.83. The molecule has 1 fully saturated rings. The van der Waals surface area contributed by atoms with E-state index < -0.39 is 0 Å². The zero-order valence-electron chi connectivity index (χ0n) is 9.33. The second-order valence-electron chi connectivity index (χ2n) is 4.23. The molecule has 16 heavy (non-hydrogen) atoms. The van der Waals surface area contributed by atoms with Crippen molar-refractivity contribution in [1.82, 2.24) is 9.97 Å². The Hall–Kier alpha value is -1.07. The lowest BCUT2D eigenvalue weighted by molar-refractivity contribution is 0.105. The number of nitrogens with two attached hydrogens (primary N) is 1. The predicted molar refractivity (Wildman–Crippen MR) is 63.5 cm³/mol. The molecular weight excluding hydrogens is 228 g/mol.